The van der Waals surface area contributed by atoms with Gasteiger partial charge in [-0.1, -0.05) is 17.7 Å². The maximum Gasteiger partial charge on any atom is 0.248 e. The number of nitrogens with zero attached hydrogens (tertiary/aromatic N) is 2. The summed E-state index contributed by atoms with van der Waals surface area (Å²) >= 11 is 5.93. The van der Waals surface area contributed by atoms with Crippen LogP contribution in [0, 0.1) is 0 Å². The van der Waals surface area contributed by atoms with Gasteiger partial charge in [0.15, 0.2) is 12.4 Å². The first kappa shape index (κ1) is 11.4. The van der Waals surface area contributed by atoms with Crippen molar-refractivity contribution in [2.75, 3.05) is 0 Å². The lowest BCUT2D eigenvalue weighted by atomic mass is 10.4. The average molecular weight is 319 g/mol. The molecule has 0 bridgehead atoms. The van der Waals surface area contributed by atoms with Crippen LogP contribution >= 0.6 is 11.6 Å². The molecule has 2 aromatic heterocycles. The molecule has 0 atom stereocenters. The highest BCUT2D eigenvalue weighted by molar-refractivity contribution is 6.30. The Morgan fingerprint density at radius 3 is 2.43 bits per heavy atom. The molecule has 0 aliphatic rings. The van der Waals surface area contributed by atoms with Gasteiger partial charge in [-0.05, 0) is 6.07 Å². The first-order valence-corrected chi connectivity index (χ1v) is 4.33. The largest absolute Gasteiger partial charge is 1.00 e. The molecule has 0 unspecified atom stereocenters. The molecule has 2 heterocycles. The van der Waals surface area contributed by atoms with E-state index in [2.05, 4.69) is 4.98 Å². The van der Waals surface area contributed by atoms with Crippen LogP contribution in [-0.4, -0.2) is 4.98 Å². The molecule has 0 fully saturated rings. The topological polar surface area (TPSA) is 16.8 Å². The van der Waals surface area contributed by atoms with Gasteiger partial charge in [-0.3, -0.25) is 0 Å². The second kappa shape index (κ2) is 5.26. The summed E-state index contributed by atoms with van der Waals surface area (Å²) in [5.41, 5.74) is 0.893. The van der Waals surface area contributed by atoms with Crippen LogP contribution in [0.1, 0.15) is 0 Å². The lowest BCUT2D eigenvalue weighted by Gasteiger charge is -1.95. The minimum Gasteiger partial charge on any atom is -1.00 e. The van der Waals surface area contributed by atoms with Crippen LogP contribution in [-0.2, 0) is 0 Å². The molecule has 2 nitrogen and oxygen atoms in total. The Balaban J connectivity index is 0.000000980. The van der Waals surface area contributed by atoms with Crippen LogP contribution in [0.5, 0.6) is 0 Å². The van der Waals surface area contributed by atoms with E-state index >= 15 is 0 Å². The van der Waals surface area contributed by atoms with Gasteiger partial charge in [-0.25, -0.2) is 4.98 Å². The Morgan fingerprint density at radius 1 is 1.07 bits per heavy atom. The summed E-state index contributed by atoms with van der Waals surface area (Å²) in [6, 6.07) is 9.64. The molecule has 0 aliphatic carbocycles. The zero-order chi connectivity index (χ0) is 9.10. The van der Waals surface area contributed by atoms with Crippen molar-refractivity contribution in [3.8, 4) is 5.69 Å². The molecule has 0 radical (unpaired) electrons. The molecular formula is C10H8ClIN2. The van der Waals surface area contributed by atoms with Crippen molar-refractivity contribution in [3.05, 3.63) is 54.1 Å². The van der Waals surface area contributed by atoms with E-state index in [4.69, 9.17) is 11.6 Å². The fourth-order valence-corrected chi connectivity index (χ4v) is 1.35. The number of halogens is 2. The van der Waals surface area contributed by atoms with Crippen molar-refractivity contribution < 1.29 is 28.5 Å². The van der Waals surface area contributed by atoms with E-state index in [1.54, 1.807) is 6.20 Å². The average Bonchev–Trinajstić information content (AvgIpc) is 2.20. The van der Waals surface area contributed by atoms with Crippen molar-refractivity contribution in [2.45, 2.75) is 0 Å². The van der Waals surface area contributed by atoms with Gasteiger partial charge >= 0.3 is 0 Å². The highest BCUT2D eigenvalue weighted by Crippen LogP contribution is 2.10. The second-order valence-corrected chi connectivity index (χ2v) is 2.95. The van der Waals surface area contributed by atoms with E-state index in [9.17, 15) is 0 Å². The zero-order valence-corrected chi connectivity index (χ0v) is 10.2. The summed E-state index contributed by atoms with van der Waals surface area (Å²) in [4.78, 5) is 4.00. The standard InChI is InChI=1S/C10H8ClN2.HI/c11-10-9(5-4-6-12-10)13-7-2-1-3-8-13;/h1-8H;1H/q+1;/p-1. The van der Waals surface area contributed by atoms with Gasteiger partial charge in [0.25, 0.3) is 0 Å². The third-order valence-corrected chi connectivity index (χ3v) is 2.02. The highest BCUT2D eigenvalue weighted by atomic mass is 127. The Morgan fingerprint density at radius 2 is 1.79 bits per heavy atom. The molecule has 4 heteroatoms. The normalized spacial score (nSPS) is 9.21. The molecular weight excluding hydrogens is 310 g/mol. The molecule has 72 valence electrons. The lowest BCUT2D eigenvalue weighted by molar-refractivity contribution is -0.595. The summed E-state index contributed by atoms with van der Waals surface area (Å²) in [5.74, 6) is 0. The van der Waals surface area contributed by atoms with Crippen molar-refractivity contribution >= 4 is 11.6 Å². The predicted molar refractivity (Wildman–Crippen MR) is 50.8 cm³/mol. The molecule has 0 aliphatic heterocycles. The third-order valence-electron chi connectivity index (χ3n) is 1.73. The Labute approximate surface area is 105 Å². The van der Waals surface area contributed by atoms with Gasteiger partial charge in [0.2, 0.25) is 10.8 Å². The summed E-state index contributed by atoms with van der Waals surface area (Å²) in [6.07, 6.45) is 5.54. The Bertz CT molecular complexity index is 406. The van der Waals surface area contributed by atoms with Crippen LogP contribution in [0.25, 0.3) is 5.69 Å². The monoisotopic (exact) mass is 318 g/mol. The number of aromatic nitrogens is 2. The van der Waals surface area contributed by atoms with Gasteiger partial charge < -0.3 is 24.0 Å². The fraction of sp³-hybridized carbons (Fsp3) is 0. The van der Waals surface area contributed by atoms with E-state index in [1.165, 1.54) is 0 Å². The molecule has 2 rings (SSSR count). The molecule has 2 aromatic rings. The van der Waals surface area contributed by atoms with Crippen LogP contribution in [0.3, 0.4) is 0 Å². The van der Waals surface area contributed by atoms with E-state index in [0.717, 1.165) is 5.69 Å². The third kappa shape index (κ3) is 2.42. The van der Waals surface area contributed by atoms with Gasteiger partial charge in [-0.15, -0.1) is 0 Å². The predicted octanol–water partition coefficient (Wildman–Crippen LogP) is -0.984. The first-order chi connectivity index (χ1) is 6.38. The Hall–Kier alpha value is -0.680. The molecule has 0 N–H and O–H groups in total. The highest BCUT2D eigenvalue weighted by Gasteiger charge is 2.09. The van der Waals surface area contributed by atoms with Crippen LogP contribution in [0.15, 0.2) is 48.9 Å². The molecule has 14 heavy (non-hydrogen) atoms. The molecule has 0 saturated heterocycles. The summed E-state index contributed by atoms with van der Waals surface area (Å²) in [5, 5.41) is 0.513. The fourth-order valence-electron chi connectivity index (χ4n) is 1.13. The van der Waals surface area contributed by atoms with Crippen molar-refractivity contribution in [1.29, 1.82) is 0 Å². The molecule has 0 saturated carbocycles. The maximum atomic E-state index is 5.93. The van der Waals surface area contributed by atoms with Crippen molar-refractivity contribution in [1.82, 2.24) is 4.98 Å². The van der Waals surface area contributed by atoms with Gasteiger partial charge in [0.1, 0.15) is 0 Å². The number of pyridine rings is 2. The first-order valence-electron chi connectivity index (χ1n) is 3.95. The SMILES string of the molecule is Clc1ncccc1-[n+]1ccccc1.[I-]. The number of rotatable bonds is 1. The summed E-state index contributed by atoms with van der Waals surface area (Å²) in [7, 11) is 0. The number of hydrogen-bond acceptors (Lipinski definition) is 1. The van der Waals surface area contributed by atoms with Crippen LogP contribution < -0.4 is 28.5 Å². The molecule has 0 spiro atoms. The van der Waals surface area contributed by atoms with Gasteiger partial charge in [0, 0.05) is 24.4 Å². The maximum absolute atomic E-state index is 5.93. The van der Waals surface area contributed by atoms with Crippen LogP contribution in [0.2, 0.25) is 5.15 Å². The van der Waals surface area contributed by atoms with E-state index < -0.39 is 0 Å². The second-order valence-electron chi connectivity index (χ2n) is 2.60. The lowest BCUT2D eigenvalue weighted by Crippen LogP contribution is -3.00. The van der Waals surface area contributed by atoms with Crippen molar-refractivity contribution in [3.63, 3.8) is 0 Å². The molecule has 0 amide bonds. The molecule has 0 aromatic carbocycles. The van der Waals surface area contributed by atoms with Crippen molar-refractivity contribution in [2.24, 2.45) is 0 Å². The Kier molecular flexibility index (Phi) is 4.28. The van der Waals surface area contributed by atoms with E-state index in [0.29, 0.717) is 5.15 Å². The smallest absolute Gasteiger partial charge is 0.248 e. The summed E-state index contributed by atoms with van der Waals surface area (Å²) in [6.45, 7) is 0. The minimum absolute atomic E-state index is 0. The van der Waals surface area contributed by atoms with E-state index in [-0.39, 0.29) is 24.0 Å². The van der Waals surface area contributed by atoms with E-state index in [1.807, 2.05) is 47.3 Å². The van der Waals surface area contributed by atoms with Gasteiger partial charge in [0.05, 0.1) is 0 Å². The quantitative estimate of drug-likeness (QED) is 0.375. The summed E-state index contributed by atoms with van der Waals surface area (Å²) < 4.78 is 1.93. The zero-order valence-electron chi connectivity index (χ0n) is 7.27. The minimum atomic E-state index is 0. The van der Waals surface area contributed by atoms with Crippen LogP contribution in [0.4, 0.5) is 0 Å². The van der Waals surface area contributed by atoms with Gasteiger partial charge in [-0.2, -0.15) is 4.57 Å². The number of hydrogen-bond donors (Lipinski definition) is 0.